The van der Waals surface area contributed by atoms with E-state index in [2.05, 4.69) is 41.3 Å². The van der Waals surface area contributed by atoms with E-state index >= 15 is 0 Å². The minimum Gasteiger partial charge on any atom is -0.338 e. The summed E-state index contributed by atoms with van der Waals surface area (Å²) in [5.41, 5.74) is 3.38. The Bertz CT molecular complexity index is 827. The van der Waals surface area contributed by atoms with Crippen molar-refractivity contribution in [3.63, 3.8) is 0 Å². The minimum absolute atomic E-state index is 0.109. The Morgan fingerprint density at radius 2 is 2.04 bits per heavy atom. The SMILES string of the molecule is CCCCNC(=O)N1CCc2nc(-c3ccc(CC)cc3)[nH]c(=O)c2C1. The number of carbonyl (C=O) groups excluding carboxylic acids is 1. The molecule has 1 aliphatic rings. The highest BCUT2D eigenvalue weighted by molar-refractivity contribution is 5.74. The van der Waals surface area contributed by atoms with E-state index in [1.807, 2.05) is 12.1 Å². The van der Waals surface area contributed by atoms with Crippen LogP contribution in [-0.4, -0.2) is 34.0 Å². The van der Waals surface area contributed by atoms with Crippen LogP contribution in [0, 0.1) is 0 Å². The van der Waals surface area contributed by atoms with Gasteiger partial charge in [0.15, 0.2) is 0 Å². The zero-order chi connectivity index (χ0) is 18.5. The summed E-state index contributed by atoms with van der Waals surface area (Å²) in [5.74, 6) is 0.595. The molecule has 0 radical (unpaired) electrons. The Morgan fingerprint density at radius 3 is 2.73 bits per heavy atom. The third-order valence-electron chi connectivity index (χ3n) is 4.80. The van der Waals surface area contributed by atoms with Crippen LogP contribution in [0.1, 0.15) is 43.5 Å². The van der Waals surface area contributed by atoms with Crippen molar-refractivity contribution in [2.24, 2.45) is 0 Å². The number of aromatic amines is 1. The lowest BCUT2D eigenvalue weighted by Crippen LogP contribution is -2.45. The van der Waals surface area contributed by atoms with Crippen LogP contribution in [0.5, 0.6) is 0 Å². The maximum atomic E-state index is 12.6. The van der Waals surface area contributed by atoms with Gasteiger partial charge in [0.25, 0.3) is 5.56 Å². The summed E-state index contributed by atoms with van der Waals surface area (Å²) in [5, 5.41) is 2.91. The van der Waals surface area contributed by atoms with Gasteiger partial charge in [-0.05, 0) is 18.4 Å². The lowest BCUT2D eigenvalue weighted by atomic mass is 10.1. The fraction of sp³-hybridized carbons (Fsp3) is 0.450. The number of hydrogen-bond donors (Lipinski definition) is 2. The highest BCUT2D eigenvalue weighted by Gasteiger charge is 2.24. The van der Waals surface area contributed by atoms with Crippen molar-refractivity contribution in [3.8, 4) is 11.4 Å². The summed E-state index contributed by atoms with van der Waals surface area (Å²) in [7, 11) is 0. The van der Waals surface area contributed by atoms with E-state index in [9.17, 15) is 9.59 Å². The molecule has 0 bridgehead atoms. The lowest BCUT2D eigenvalue weighted by molar-refractivity contribution is 0.191. The number of H-pyrrole nitrogens is 1. The van der Waals surface area contributed by atoms with Gasteiger partial charge in [-0.3, -0.25) is 4.79 Å². The van der Waals surface area contributed by atoms with Crippen LogP contribution in [-0.2, 0) is 19.4 Å². The molecule has 26 heavy (non-hydrogen) atoms. The van der Waals surface area contributed by atoms with Crippen molar-refractivity contribution in [3.05, 3.63) is 51.4 Å². The smallest absolute Gasteiger partial charge is 0.317 e. The molecule has 0 saturated heterocycles. The Kier molecular flexibility index (Phi) is 5.71. The van der Waals surface area contributed by atoms with Gasteiger partial charge in [0.2, 0.25) is 0 Å². The number of aryl methyl sites for hydroxylation is 1. The van der Waals surface area contributed by atoms with E-state index in [1.54, 1.807) is 4.90 Å². The van der Waals surface area contributed by atoms with E-state index in [4.69, 9.17) is 0 Å². The maximum Gasteiger partial charge on any atom is 0.317 e. The first-order chi connectivity index (χ1) is 12.6. The predicted octanol–water partition coefficient (Wildman–Crippen LogP) is 2.87. The number of urea groups is 1. The summed E-state index contributed by atoms with van der Waals surface area (Å²) >= 11 is 0. The van der Waals surface area contributed by atoms with Crippen LogP contribution in [0.3, 0.4) is 0 Å². The molecule has 3 rings (SSSR count). The van der Waals surface area contributed by atoms with Crippen LogP contribution in [0.15, 0.2) is 29.1 Å². The quantitative estimate of drug-likeness (QED) is 0.811. The lowest BCUT2D eigenvalue weighted by Gasteiger charge is -2.28. The molecule has 2 aromatic rings. The van der Waals surface area contributed by atoms with Crippen LogP contribution < -0.4 is 10.9 Å². The van der Waals surface area contributed by atoms with E-state index in [1.165, 1.54) is 5.56 Å². The number of nitrogens with zero attached hydrogens (tertiary/aromatic N) is 2. The molecule has 2 N–H and O–H groups in total. The molecule has 0 spiro atoms. The van der Waals surface area contributed by atoms with Gasteiger partial charge in [0, 0.05) is 25.1 Å². The number of hydrogen-bond acceptors (Lipinski definition) is 3. The van der Waals surface area contributed by atoms with Crippen LogP contribution in [0.2, 0.25) is 0 Å². The number of nitrogens with one attached hydrogen (secondary N) is 2. The van der Waals surface area contributed by atoms with Crippen molar-refractivity contribution >= 4 is 6.03 Å². The largest absolute Gasteiger partial charge is 0.338 e. The van der Waals surface area contributed by atoms with E-state index < -0.39 is 0 Å². The van der Waals surface area contributed by atoms with Crippen LogP contribution in [0.25, 0.3) is 11.4 Å². The minimum atomic E-state index is -0.157. The number of fused-ring (bicyclic) bond motifs is 1. The highest BCUT2D eigenvalue weighted by atomic mass is 16.2. The van der Waals surface area contributed by atoms with Gasteiger partial charge in [0.1, 0.15) is 5.82 Å². The number of amides is 2. The third-order valence-corrected chi connectivity index (χ3v) is 4.80. The molecule has 1 aliphatic heterocycles. The van der Waals surface area contributed by atoms with Gasteiger partial charge in [-0.15, -0.1) is 0 Å². The van der Waals surface area contributed by atoms with Gasteiger partial charge in [-0.25, -0.2) is 9.78 Å². The Morgan fingerprint density at radius 1 is 1.27 bits per heavy atom. The molecular formula is C20H26N4O2. The van der Waals surface area contributed by atoms with Crippen molar-refractivity contribution in [2.75, 3.05) is 13.1 Å². The zero-order valence-electron chi connectivity index (χ0n) is 15.5. The molecule has 1 aromatic carbocycles. The monoisotopic (exact) mass is 354 g/mol. The summed E-state index contributed by atoms with van der Waals surface area (Å²) in [6, 6.07) is 7.97. The molecular weight excluding hydrogens is 328 g/mol. The normalized spacial score (nSPS) is 13.4. The molecule has 6 nitrogen and oxygen atoms in total. The second-order valence-corrected chi connectivity index (χ2v) is 6.65. The Hall–Kier alpha value is -2.63. The first-order valence-corrected chi connectivity index (χ1v) is 9.36. The number of unbranched alkanes of at least 4 members (excludes halogenated alkanes) is 1. The highest BCUT2D eigenvalue weighted by Crippen LogP contribution is 2.19. The molecule has 0 atom stereocenters. The first-order valence-electron chi connectivity index (χ1n) is 9.36. The first kappa shape index (κ1) is 18.2. The number of aromatic nitrogens is 2. The average Bonchev–Trinajstić information content (AvgIpc) is 2.68. The zero-order valence-corrected chi connectivity index (χ0v) is 15.5. The van der Waals surface area contributed by atoms with Gasteiger partial charge in [-0.1, -0.05) is 44.5 Å². The molecule has 2 amide bonds. The van der Waals surface area contributed by atoms with Crippen molar-refractivity contribution in [1.82, 2.24) is 20.2 Å². The molecule has 2 heterocycles. The third kappa shape index (κ3) is 3.95. The van der Waals surface area contributed by atoms with Crippen molar-refractivity contribution in [1.29, 1.82) is 0 Å². The molecule has 1 aromatic heterocycles. The number of carbonyl (C=O) groups is 1. The summed E-state index contributed by atoms with van der Waals surface area (Å²) in [4.78, 5) is 34.0. The molecule has 138 valence electrons. The van der Waals surface area contributed by atoms with Crippen LogP contribution >= 0.6 is 0 Å². The fourth-order valence-corrected chi connectivity index (χ4v) is 3.12. The fourth-order valence-electron chi connectivity index (χ4n) is 3.12. The number of benzene rings is 1. The summed E-state index contributed by atoms with van der Waals surface area (Å²) in [6.07, 6.45) is 3.57. The van der Waals surface area contributed by atoms with Crippen LogP contribution in [0.4, 0.5) is 4.79 Å². The van der Waals surface area contributed by atoms with E-state index in [0.717, 1.165) is 30.5 Å². The van der Waals surface area contributed by atoms with E-state index in [0.29, 0.717) is 37.4 Å². The topological polar surface area (TPSA) is 78.1 Å². The second-order valence-electron chi connectivity index (χ2n) is 6.65. The molecule has 0 unspecified atom stereocenters. The van der Waals surface area contributed by atoms with E-state index in [-0.39, 0.29) is 11.6 Å². The predicted molar refractivity (Wildman–Crippen MR) is 102 cm³/mol. The summed E-state index contributed by atoms with van der Waals surface area (Å²) in [6.45, 7) is 5.75. The molecule has 0 saturated carbocycles. The molecule has 6 heteroatoms. The Labute approximate surface area is 153 Å². The van der Waals surface area contributed by atoms with Gasteiger partial charge in [0.05, 0.1) is 17.8 Å². The van der Waals surface area contributed by atoms with Crippen molar-refractivity contribution < 1.29 is 4.79 Å². The molecule has 0 aliphatic carbocycles. The standard InChI is InChI=1S/C20H26N4O2/c1-3-5-11-21-20(26)24-12-10-17-16(13-24)19(25)23-18(22-17)15-8-6-14(4-2)7-9-15/h6-9H,3-5,10-13H2,1-2H3,(H,21,26)(H,22,23,25). The molecule has 0 fully saturated rings. The second kappa shape index (κ2) is 8.17. The van der Waals surface area contributed by atoms with Crippen molar-refractivity contribution in [2.45, 2.75) is 46.1 Å². The van der Waals surface area contributed by atoms with Gasteiger partial charge >= 0.3 is 6.03 Å². The maximum absolute atomic E-state index is 12.6. The average molecular weight is 354 g/mol. The summed E-state index contributed by atoms with van der Waals surface area (Å²) < 4.78 is 0. The Balaban J connectivity index is 1.78. The van der Waals surface area contributed by atoms with Gasteiger partial charge in [-0.2, -0.15) is 0 Å². The van der Waals surface area contributed by atoms with Gasteiger partial charge < -0.3 is 15.2 Å². The number of rotatable bonds is 5.